The zero-order chi connectivity index (χ0) is 22.4. The normalized spacial score (nSPS) is 15.6. The summed E-state index contributed by atoms with van der Waals surface area (Å²) in [4.78, 5) is 37.4. The van der Waals surface area contributed by atoms with Gasteiger partial charge in [-0.25, -0.2) is 14.8 Å². The third kappa shape index (κ3) is 3.57. The number of fused-ring (bicyclic) bond motifs is 5. The van der Waals surface area contributed by atoms with Gasteiger partial charge in [-0.05, 0) is 36.7 Å². The number of thiophene rings is 1. The summed E-state index contributed by atoms with van der Waals surface area (Å²) in [7, 11) is 1.24. The SMILES string of the molecule is COC(=O)c1cc(Oc2ccc3c(ccc4sc5c(c43)NC[C@@H](C)NC5=O)n2)nc(Cl)n1. The highest BCUT2D eigenvalue weighted by atomic mass is 35.5. The van der Waals surface area contributed by atoms with Crippen LogP contribution in [0.3, 0.4) is 0 Å². The van der Waals surface area contributed by atoms with Crippen molar-refractivity contribution in [3.8, 4) is 11.8 Å². The number of methoxy groups -OCH3 is 1. The summed E-state index contributed by atoms with van der Waals surface area (Å²) in [6, 6.07) is 8.73. The molecule has 9 nitrogen and oxygen atoms in total. The number of ether oxygens (including phenoxy) is 2. The van der Waals surface area contributed by atoms with Crippen molar-refractivity contribution in [2.24, 2.45) is 0 Å². The van der Waals surface area contributed by atoms with E-state index in [9.17, 15) is 9.59 Å². The molecule has 162 valence electrons. The van der Waals surface area contributed by atoms with E-state index in [4.69, 9.17) is 16.3 Å². The van der Waals surface area contributed by atoms with Gasteiger partial charge in [0.1, 0.15) is 4.88 Å². The number of anilines is 1. The third-order valence-electron chi connectivity index (χ3n) is 4.94. The quantitative estimate of drug-likeness (QED) is 0.341. The molecule has 5 rings (SSSR count). The number of esters is 1. The van der Waals surface area contributed by atoms with Crippen LogP contribution in [-0.4, -0.2) is 46.5 Å². The fourth-order valence-corrected chi connectivity index (χ4v) is 4.80. The minimum absolute atomic E-state index is 0.0236. The molecular formula is C21H16ClN5O4S. The lowest BCUT2D eigenvalue weighted by Crippen LogP contribution is -2.34. The van der Waals surface area contributed by atoms with Gasteiger partial charge in [0, 0.05) is 40.2 Å². The molecule has 0 unspecified atom stereocenters. The molecule has 1 aliphatic heterocycles. The number of hydrogen-bond donors (Lipinski definition) is 2. The molecule has 3 aromatic heterocycles. The number of amides is 1. The number of nitrogens with one attached hydrogen (secondary N) is 2. The van der Waals surface area contributed by atoms with E-state index in [0.717, 1.165) is 21.2 Å². The lowest BCUT2D eigenvalue weighted by atomic mass is 10.1. The lowest BCUT2D eigenvalue weighted by molar-refractivity contribution is 0.0593. The second kappa shape index (κ2) is 7.88. The highest BCUT2D eigenvalue weighted by Gasteiger charge is 2.25. The van der Waals surface area contributed by atoms with E-state index in [1.165, 1.54) is 24.5 Å². The summed E-state index contributed by atoms with van der Waals surface area (Å²) in [5.41, 5.74) is 1.48. The Kier molecular flexibility index (Phi) is 5.03. The van der Waals surface area contributed by atoms with E-state index in [1.54, 1.807) is 6.07 Å². The predicted molar refractivity (Wildman–Crippen MR) is 121 cm³/mol. The fraction of sp³-hybridized carbons (Fsp3) is 0.190. The van der Waals surface area contributed by atoms with Crippen LogP contribution in [0.5, 0.6) is 11.8 Å². The summed E-state index contributed by atoms with van der Waals surface area (Å²) >= 11 is 7.34. The molecule has 1 aliphatic rings. The molecule has 1 aromatic carbocycles. The molecule has 4 heterocycles. The average molecular weight is 470 g/mol. The first-order chi connectivity index (χ1) is 15.4. The third-order valence-corrected chi connectivity index (χ3v) is 6.27. The number of nitrogens with zero attached hydrogens (tertiary/aromatic N) is 3. The molecular weight excluding hydrogens is 454 g/mol. The van der Waals surface area contributed by atoms with Crippen LogP contribution in [0, 0.1) is 0 Å². The van der Waals surface area contributed by atoms with E-state index >= 15 is 0 Å². The van der Waals surface area contributed by atoms with Crippen molar-refractivity contribution >= 4 is 61.5 Å². The second-order valence-electron chi connectivity index (χ2n) is 7.17. The zero-order valence-electron chi connectivity index (χ0n) is 16.9. The predicted octanol–water partition coefficient (Wildman–Crippen LogP) is 4.02. The maximum absolute atomic E-state index is 12.6. The van der Waals surface area contributed by atoms with Crippen LogP contribution < -0.4 is 15.4 Å². The monoisotopic (exact) mass is 469 g/mol. The molecule has 0 radical (unpaired) electrons. The maximum atomic E-state index is 12.6. The van der Waals surface area contributed by atoms with Crippen LogP contribution in [0.25, 0.3) is 21.0 Å². The van der Waals surface area contributed by atoms with E-state index in [-0.39, 0.29) is 34.7 Å². The van der Waals surface area contributed by atoms with Crippen molar-refractivity contribution in [3.05, 3.63) is 46.2 Å². The molecule has 1 amide bonds. The van der Waals surface area contributed by atoms with Gasteiger partial charge < -0.3 is 20.1 Å². The van der Waals surface area contributed by atoms with Crippen LogP contribution in [0.1, 0.15) is 27.1 Å². The molecule has 32 heavy (non-hydrogen) atoms. The fourth-order valence-electron chi connectivity index (χ4n) is 3.53. The zero-order valence-corrected chi connectivity index (χ0v) is 18.5. The molecule has 0 bridgehead atoms. The van der Waals surface area contributed by atoms with Crippen molar-refractivity contribution in [2.75, 3.05) is 19.0 Å². The Morgan fingerprint density at radius 1 is 1.19 bits per heavy atom. The van der Waals surface area contributed by atoms with Crippen LogP contribution in [-0.2, 0) is 4.74 Å². The largest absolute Gasteiger partial charge is 0.464 e. The summed E-state index contributed by atoms with van der Waals surface area (Å²) < 4.78 is 11.4. The first kappa shape index (κ1) is 20.4. The van der Waals surface area contributed by atoms with Crippen molar-refractivity contribution < 1.29 is 19.1 Å². The van der Waals surface area contributed by atoms with Crippen LogP contribution in [0.15, 0.2) is 30.3 Å². The molecule has 0 fully saturated rings. The standard InChI is InChI=1S/C21H16ClN5O4S/c1-9-8-23-17-16-10-3-6-14(31-15-7-12(20(29)30-2)26-21(22)27-15)25-11(10)4-5-13(16)32-18(17)19(28)24-9/h3-7,9,23H,8H2,1-2H3,(H,24,28)/t9-/m1/s1. The Hall–Kier alpha value is -3.50. The number of carbonyl (C=O) groups is 2. The van der Waals surface area contributed by atoms with E-state index in [1.807, 2.05) is 25.1 Å². The summed E-state index contributed by atoms with van der Waals surface area (Å²) in [6.07, 6.45) is 0. The van der Waals surface area contributed by atoms with Crippen molar-refractivity contribution in [3.63, 3.8) is 0 Å². The molecule has 1 atom stereocenters. The van der Waals surface area contributed by atoms with E-state index in [2.05, 4.69) is 30.3 Å². The van der Waals surface area contributed by atoms with E-state index in [0.29, 0.717) is 16.9 Å². The van der Waals surface area contributed by atoms with Crippen molar-refractivity contribution in [2.45, 2.75) is 13.0 Å². The number of pyridine rings is 1. The Labute approximate surface area is 190 Å². The van der Waals surface area contributed by atoms with Gasteiger partial charge in [0.25, 0.3) is 5.91 Å². The Balaban J connectivity index is 1.56. The molecule has 0 aliphatic carbocycles. The van der Waals surface area contributed by atoms with Crippen molar-refractivity contribution in [1.29, 1.82) is 0 Å². The minimum atomic E-state index is -0.656. The topological polar surface area (TPSA) is 115 Å². The van der Waals surface area contributed by atoms with Crippen molar-refractivity contribution in [1.82, 2.24) is 20.3 Å². The number of hydrogen-bond acceptors (Lipinski definition) is 9. The van der Waals surface area contributed by atoms with Gasteiger partial charge in [-0.15, -0.1) is 11.3 Å². The Morgan fingerprint density at radius 3 is 2.84 bits per heavy atom. The first-order valence-corrected chi connectivity index (χ1v) is 10.8. The lowest BCUT2D eigenvalue weighted by Gasteiger charge is -2.10. The van der Waals surface area contributed by atoms with E-state index < -0.39 is 5.97 Å². The molecule has 0 saturated heterocycles. The highest BCUT2D eigenvalue weighted by molar-refractivity contribution is 7.21. The summed E-state index contributed by atoms with van der Waals surface area (Å²) in [5.74, 6) is -0.406. The van der Waals surface area contributed by atoms with Crippen LogP contribution in [0.2, 0.25) is 5.28 Å². The number of rotatable bonds is 3. The Morgan fingerprint density at radius 2 is 2.03 bits per heavy atom. The number of carbonyl (C=O) groups excluding carboxylic acids is 2. The average Bonchev–Trinajstić information content (AvgIpc) is 3.09. The van der Waals surface area contributed by atoms with Gasteiger partial charge in [-0.1, -0.05) is 0 Å². The van der Waals surface area contributed by atoms with Gasteiger partial charge >= 0.3 is 5.97 Å². The molecule has 11 heteroatoms. The first-order valence-electron chi connectivity index (χ1n) is 9.64. The smallest absolute Gasteiger partial charge is 0.356 e. The molecule has 4 aromatic rings. The Bertz CT molecular complexity index is 1410. The maximum Gasteiger partial charge on any atom is 0.356 e. The number of aromatic nitrogens is 3. The summed E-state index contributed by atoms with van der Waals surface area (Å²) in [5, 5.41) is 8.07. The van der Waals surface area contributed by atoms with Gasteiger partial charge in [-0.2, -0.15) is 4.98 Å². The number of halogens is 1. The molecule has 0 saturated carbocycles. The number of benzene rings is 1. The van der Waals surface area contributed by atoms with Gasteiger partial charge in [0.2, 0.25) is 17.0 Å². The molecule has 0 spiro atoms. The van der Waals surface area contributed by atoms with Gasteiger partial charge in [0.15, 0.2) is 5.69 Å². The second-order valence-corrected chi connectivity index (χ2v) is 8.56. The van der Waals surface area contributed by atoms with Gasteiger partial charge in [0.05, 0.1) is 18.3 Å². The highest BCUT2D eigenvalue weighted by Crippen LogP contribution is 2.41. The summed E-state index contributed by atoms with van der Waals surface area (Å²) in [6.45, 7) is 2.59. The molecule has 2 N–H and O–H groups in total. The minimum Gasteiger partial charge on any atom is -0.464 e. The van der Waals surface area contributed by atoms with Crippen LogP contribution in [0.4, 0.5) is 5.69 Å². The van der Waals surface area contributed by atoms with Crippen LogP contribution >= 0.6 is 22.9 Å². The van der Waals surface area contributed by atoms with Gasteiger partial charge in [-0.3, -0.25) is 4.79 Å².